The Balaban J connectivity index is 3.87. The molecule has 90 valence electrons. The van der Waals surface area contributed by atoms with Gasteiger partial charge in [0, 0.05) is 11.8 Å². The molecule has 0 aliphatic carbocycles. The second-order valence-corrected chi connectivity index (χ2v) is 5.08. The average Bonchev–Trinajstić information content (AvgIpc) is 2.20. The highest BCUT2D eigenvalue weighted by atomic mass is 32.2. The number of rotatable bonds is 9. The van der Waals surface area contributed by atoms with Gasteiger partial charge < -0.3 is 10.4 Å². The number of hydrogen-bond acceptors (Lipinski definition) is 3. The van der Waals surface area contributed by atoms with E-state index >= 15 is 0 Å². The normalized spacial score (nSPS) is 14.9. The molecule has 0 fully saturated rings. The second-order valence-electron chi connectivity index (χ2n) is 3.76. The Hall–Kier alpha value is -0.220. The molecule has 0 aromatic carbocycles. The van der Waals surface area contributed by atoms with Gasteiger partial charge in [0.05, 0.1) is 0 Å². The molecule has 2 N–H and O–H groups in total. The number of carbonyl (C=O) groups is 1. The summed E-state index contributed by atoms with van der Waals surface area (Å²) in [5.74, 6) is 1.34. The lowest BCUT2D eigenvalue weighted by Crippen LogP contribution is -2.43. The molecule has 0 amide bonds. The van der Waals surface area contributed by atoms with Crippen molar-refractivity contribution >= 4 is 17.7 Å². The van der Waals surface area contributed by atoms with E-state index in [1.165, 1.54) is 0 Å². The van der Waals surface area contributed by atoms with Crippen LogP contribution in [0.25, 0.3) is 0 Å². The van der Waals surface area contributed by atoms with Crippen LogP contribution in [0.15, 0.2) is 0 Å². The Morgan fingerprint density at radius 2 is 2.13 bits per heavy atom. The van der Waals surface area contributed by atoms with E-state index in [0.29, 0.717) is 0 Å². The lowest BCUT2D eigenvalue weighted by atomic mass is 10.1. The van der Waals surface area contributed by atoms with Crippen molar-refractivity contribution in [1.29, 1.82) is 0 Å². The minimum absolute atomic E-state index is 0.271. The van der Waals surface area contributed by atoms with Crippen LogP contribution in [0.1, 0.15) is 40.0 Å². The van der Waals surface area contributed by atoms with Crippen molar-refractivity contribution in [2.75, 3.05) is 11.5 Å². The van der Waals surface area contributed by atoms with Crippen molar-refractivity contribution in [2.45, 2.75) is 52.1 Å². The molecule has 4 heteroatoms. The molecule has 0 spiro atoms. The summed E-state index contributed by atoms with van der Waals surface area (Å²) in [5, 5.41) is 12.2. The van der Waals surface area contributed by atoms with E-state index in [-0.39, 0.29) is 12.1 Å². The van der Waals surface area contributed by atoms with E-state index < -0.39 is 5.97 Å². The fourth-order valence-electron chi connectivity index (χ4n) is 1.37. The quantitative estimate of drug-likeness (QED) is 0.642. The summed E-state index contributed by atoms with van der Waals surface area (Å²) in [4.78, 5) is 10.9. The first kappa shape index (κ1) is 14.8. The maximum atomic E-state index is 10.9. The Morgan fingerprint density at radius 1 is 1.47 bits per heavy atom. The lowest BCUT2D eigenvalue weighted by molar-refractivity contribution is -0.139. The van der Waals surface area contributed by atoms with Crippen LogP contribution in [0.5, 0.6) is 0 Å². The van der Waals surface area contributed by atoms with E-state index in [2.05, 4.69) is 19.2 Å². The molecule has 0 radical (unpaired) electrons. The van der Waals surface area contributed by atoms with Crippen LogP contribution in [0.2, 0.25) is 0 Å². The molecule has 15 heavy (non-hydrogen) atoms. The highest BCUT2D eigenvalue weighted by molar-refractivity contribution is 7.99. The van der Waals surface area contributed by atoms with Gasteiger partial charge in [0.15, 0.2) is 0 Å². The van der Waals surface area contributed by atoms with Gasteiger partial charge in [0.1, 0.15) is 6.04 Å². The van der Waals surface area contributed by atoms with Gasteiger partial charge in [-0.3, -0.25) is 4.79 Å². The summed E-state index contributed by atoms with van der Waals surface area (Å²) in [6.07, 6.45) is 2.74. The van der Waals surface area contributed by atoms with Crippen molar-refractivity contribution in [1.82, 2.24) is 5.32 Å². The molecule has 0 saturated heterocycles. The third kappa shape index (κ3) is 7.68. The van der Waals surface area contributed by atoms with E-state index in [0.717, 1.165) is 30.8 Å². The monoisotopic (exact) mass is 233 g/mol. The van der Waals surface area contributed by atoms with Gasteiger partial charge in [-0.1, -0.05) is 26.7 Å². The number of carboxylic acid groups (broad SMARTS) is 1. The molecule has 0 rings (SSSR count). The SMILES string of the molecule is CCCCC(NC(C)CSCC)C(=O)O. The largest absolute Gasteiger partial charge is 0.480 e. The van der Waals surface area contributed by atoms with Crippen LogP contribution in [-0.4, -0.2) is 34.7 Å². The fraction of sp³-hybridized carbons (Fsp3) is 0.909. The zero-order chi connectivity index (χ0) is 11.7. The van der Waals surface area contributed by atoms with E-state index in [4.69, 9.17) is 5.11 Å². The first-order valence-electron chi connectivity index (χ1n) is 5.68. The first-order chi connectivity index (χ1) is 7.11. The molecule has 0 aromatic rings. The van der Waals surface area contributed by atoms with Crippen LogP contribution < -0.4 is 5.32 Å². The molecule has 3 nitrogen and oxygen atoms in total. The van der Waals surface area contributed by atoms with Crippen molar-refractivity contribution < 1.29 is 9.90 Å². The molecule has 0 aliphatic heterocycles. The smallest absolute Gasteiger partial charge is 0.320 e. The highest BCUT2D eigenvalue weighted by Crippen LogP contribution is 2.06. The maximum Gasteiger partial charge on any atom is 0.320 e. The Labute approximate surface area is 97.0 Å². The van der Waals surface area contributed by atoms with Gasteiger partial charge in [-0.05, 0) is 19.1 Å². The van der Waals surface area contributed by atoms with Crippen LogP contribution in [0, 0.1) is 0 Å². The van der Waals surface area contributed by atoms with Crippen LogP contribution in [0.3, 0.4) is 0 Å². The van der Waals surface area contributed by atoms with Crippen molar-refractivity contribution in [3.8, 4) is 0 Å². The summed E-state index contributed by atoms with van der Waals surface area (Å²) in [6.45, 7) is 6.24. The minimum atomic E-state index is -0.725. The Kier molecular flexibility index (Phi) is 8.91. The third-order valence-corrected chi connectivity index (χ3v) is 3.35. The predicted octanol–water partition coefficient (Wildman–Crippen LogP) is 2.36. The summed E-state index contributed by atoms with van der Waals surface area (Å²) in [5.41, 5.74) is 0. The van der Waals surface area contributed by atoms with Crippen LogP contribution in [-0.2, 0) is 4.79 Å². The fourth-order valence-corrected chi connectivity index (χ4v) is 2.06. The van der Waals surface area contributed by atoms with E-state index in [1.54, 1.807) is 0 Å². The number of nitrogens with one attached hydrogen (secondary N) is 1. The molecular weight excluding hydrogens is 210 g/mol. The predicted molar refractivity (Wildman–Crippen MR) is 66.5 cm³/mol. The van der Waals surface area contributed by atoms with Gasteiger partial charge in [-0.15, -0.1) is 0 Å². The molecule has 2 unspecified atom stereocenters. The van der Waals surface area contributed by atoms with Crippen molar-refractivity contribution in [3.05, 3.63) is 0 Å². The van der Waals surface area contributed by atoms with Gasteiger partial charge in [0.25, 0.3) is 0 Å². The van der Waals surface area contributed by atoms with Gasteiger partial charge in [0.2, 0.25) is 0 Å². The summed E-state index contributed by atoms with van der Waals surface area (Å²) in [7, 11) is 0. The summed E-state index contributed by atoms with van der Waals surface area (Å²) in [6, 6.07) is -0.106. The van der Waals surface area contributed by atoms with Gasteiger partial charge in [-0.2, -0.15) is 11.8 Å². The number of aliphatic carboxylic acids is 1. The summed E-state index contributed by atoms with van der Waals surface area (Å²) >= 11 is 1.84. The zero-order valence-electron chi connectivity index (χ0n) is 9.95. The third-order valence-electron chi connectivity index (χ3n) is 2.20. The van der Waals surface area contributed by atoms with Crippen LogP contribution in [0.4, 0.5) is 0 Å². The van der Waals surface area contributed by atoms with E-state index in [1.807, 2.05) is 18.7 Å². The second kappa shape index (κ2) is 9.04. The lowest BCUT2D eigenvalue weighted by Gasteiger charge is -2.19. The number of carboxylic acids is 1. The summed E-state index contributed by atoms with van der Waals surface area (Å²) < 4.78 is 0. The van der Waals surface area contributed by atoms with Crippen molar-refractivity contribution in [3.63, 3.8) is 0 Å². The minimum Gasteiger partial charge on any atom is -0.480 e. The topological polar surface area (TPSA) is 49.3 Å². The van der Waals surface area contributed by atoms with Crippen LogP contribution >= 0.6 is 11.8 Å². The standard InChI is InChI=1S/C11H23NO2S/c1-4-6-7-10(11(13)14)12-9(3)8-15-5-2/h9-10,12H,4-8H2,1-3H3,(H,13,14). The molecule has 0 heterocycles. The Bertz CT molecular complexity index is 176. The number of unbranched alkanes of at least 4 members (excludes halogenated alkanes) is 1. The maximum absolute atomic E-state index is 10.9. The number of hydrogen-bond donors (Lipinski definition) is 2. The molecule has 0 aromatic heterocycles. The van der Waals surface area contributed by atoms with Gasteiger partial charge in [-0.25, -0.2) is 0 Å². The van der Waals surface area contributed by atoms with E-state index in [9.17, 15) is 4.79 Å². The zero-order valence-corrected chi connectivity index (χ0v) is 10.8. The average molecular weight is 233 g/mol. The van der Waals surface area contributed by atoms with Gasteiger partial charge >= 0.3 is 5.97 Å². The molecule has 0 aliphatic rings. The molecule has 0 saturated carbocycles. The molecule has 2 atom stereocenters. The highest BCUT2D eigenvalue weighted by Gasteiger charge is 2.18. The first-order valence-corrected chi connectivity index (χ1v) is 6.83. The van der Waals surface area contributed by atoms with Crippen molar-refractivity contribution in [2.24, 2.45) is 0 Å². The molecular formula is C11H23NO2S. The molecule has 0 bridgehead atoms. The number of thioether (sulfide) groups is 1. The Morgan fingerprint density at radius 3 is 2.60 bits per heavy atom.